The first-order valence-corrected chi connectivity index (χ1v) is 6.95. The van der Waals surface area contributed by atoms with Crippen molar-refractivity contribution in [2.24, 2.45) is 0 Å². The van der Waals surface area contributed by atoms with Crippen LogP contribution in [0.5, 0.6) is 0 Å². The van der Waals surface area contributed by atoms with Crippen molar-refractivity contribution in [3.63, 3.8) is 0 Å². The number of aryl methyl sites for hydroxylation is 4. The third kappa shape index (κ3) is 3.76. The Morgan fingerprint density at radius 3 is 2.55 bits per heavy atom. The number of halogens is 1. The summed E-state index contributed by atoms with van der Waals surface area (Å²) in [6, 6.07) is 2.13. The molecule has 0 aromatic carbocycles. The van der Waals surface area contributed by atoms with Crippen LogP contribution in [0.2, 0.25) is 0 Å². The minimum Gasteiger partial charge on any atom is -0.363 e. The van der Waals surface area contributed by atoms with Gasteiger partial charge in [0, 0.05) is 24.8 Å². The molecule has 20 heavy (non-hydrogen) atoms. The summed E-state index contributed by atoms with van der Waals surface area (Å²) in [5, 5.41) is 12.4. The fourth-order valence-electron chi connectivity index (χ4n) is 2.18. The normalized spacial score (nSPS) is 10.4. The van der Waals surface area contributed by atoms with Gasteiger partial charge in [-0.05, 0) is 33.3 Å². The Labute approximate surface area is 126 Å². The lowest BCUT2D eigenvalue weighted by Gasteiger charge is -2.07. The summed E-state index contributed by atoms with van der Waals surface area (Å²) in [4.78, 5) is 0. The molecular weight excluding hydrogens is 274 g/mol. The summed E-state index contributed by atoms with van der Waals surface area (Å²) in [5.41, 5.74) is 3.46. The fraction of sp³-hybridized carbons (Fsp3) is 0.571. The Hall–Kier alpha value is -1.49. The summed E-state index contributed by atoms with van der Waals surface area (Å²) in [7, 11) is 0. The van der Waals surface area contributed by atoms with Crippen molar-refractivity contribution in [1.82, 2.24) is 19.6 Å². The molecule has 1 N–H and O–H groups in total. The van der Waals surface area contributed by atoms with Gasteiger partial charge in [-0.2, -0.15) is 10.2 Å². The maximum absolute atomic E-state index is 4.51. The lowest BCUT2D eigenvalue weighted by molar-refractivity contribution is 0.574. The van der Waals surface area contributed by atoms with Crippen molar-refractivity contribution in [3.05, 3.63) is 29.2 Å². The number of aromatic nitrogens is 4. The highest BCUT2D eigenvalue weighted by Gasteiger charge is 2.07. The molecule has 0 fully saturated rings. The Bertz CT molecular complexity index is 544. The van der Waals surface area contributed by atoms with Gasteiger partial charge in [0.2, 0.25) is 0 Å². The summed E-state index contributed by atoms with van der Waals surface area (Å²) >= 11 is 0. The van der Waals surface area contributed by atoms with Crippen LogP contribution in [0, 0.1) is 13.8 Å². The average Bonchev–Trinajstić information content (AvgIpc) is 2.91. The minimum absolute atomic E-state index is 0. The summed E-state index contributed by atoms with van der Waals surface area (Å²) in [5.74, 6) is 0.962. The molecule has 0 spiro atoms. The van der Waals surface area contributed by atoms with E-state index in [2.05, 4.69) is 53.2 Å². The number of hydrogen-bond donors (Lipinski definition) is 1. The van der Waals surface area contributed by atoms with Crippen LogP contribution in [0.4, 0.5) is 5.82 Å². The standard InChI is InChI=1S/C14H23N5.ClH/c1-5-7-19-13(8-12(4)16-19)9-15-14-11(3)10-18(6-2)17-14;/h8,10H,5-7,9H2,1-4H3,(H,15,17);1H. The van der Waals surface area contributed by atoms with Gasteiger partial charge in [-0.25, -0.2) is 0 Å². The highest BCUT2D eigenvalue weighted by Crippen LogP contribution is 2.13. The third-order valence-electron chi connectivity index (χ3n) is 3.13. The van der Waals surface area contributed by atoms with Gasteiger partial charge in [0.05, 0.1) is 17.9 Å². The second-order valence-electron chi connectivity index (χ2n) is 4.87. The first-order chi connectivity index (χ1) is 9.13. The SMILES string of the molecule is CCCn1nc(C)cc1CNc1nn(CC)cc1C.Cl. The smallest absolute Gasteiger partial charge is 0.151 e. The van der Waals surface area contributed by atoms with E-state index in [0.29, 0.717) is 0 Å². The van der Waals surface area contributed by atoms with Crippen molar-refractivity contribution in [3.8, 4) is 0 Å². The zero-order valence-corrected chi connectivity index (χ0v) is 13.5. The third-order valence-corrected chi connectivity index (χ3v) is 3.13. The molecule has 0 aliphatic carbocycles. The molecule has 2 heterocycles. The molecule has 0 saturated carbocycles. The topological polar surface area (TPSA) is 47.7 Å². The van der Waals surface area contributed by atoms with E-state index in [1.807, 2.05) is 11.6 Å². The minimum atomic E-state index is 0. The predicted octanol–water partition coefficient (Wildman–Crippen LogP) is 3.16. The molecule has 2 rings (SSSR count). The molecule has 2 aromatic heterocycles. The Morgan fingerprint density at radius 2 is 1.95 bits per heavy atom. The van der Waals surface area contributed by atoms with Crippen LogP contribution in [0.1, 0.15) is 37.2 Å². The molecule has 6 heteroatoms. The molecule has 0 radical (unpaired) electrons. The van der Waals surface area contributed by atoms with E-state index in [1.54, 1.807) is 0 Å². The lowest BCUT2D eigenvalue weighted by Crippen LogP contribution is -2.09. The molecule has 0 saturated heterocycles. The molecule has 0 aliphatic rings. The van der Waals surface area contributed by atoms with Crippen molar-refractivity contribution in [1.29, 1.82) is 0 Å². The zero-order chi connectivity index (χ0) is 13.8. The van der Waals surface area contributed by atoms with Gasteiger partial charge in [0.1, 0.15) is 0 Å². The van der Waals surface area contributed by atoms with Crippen LogP contribution in [-0.4, -0.2) is 19.6 Å². The fourth-order valence-corrected chi connectivity index (χ4v) is 2.18. The summed E-state index contributed by atoms with van der Waals surface area (Å²) in [6.07, 6.45) is 3.16. The molecule has 0 atom stereocenters. The van der Waals surface area contributed by atoms with Gasteiger partial charge in [0.15, 0.2) is 5.82 Å². The summed E-state index contributed by atoms with van der Waals surface area (Å²) < 4.78 is 4.03. The number of nitrogens with zero attached hydrogens (tertiary/aromatic N) is 4. The lowest BCUT2D eigenvalue weighted by atomic mass is 10.3. The van der Waals surface area contributed by atoms with Gasteiger partial charge in [-0.1, -0.05) is 6.92 Å². The van der Waals surface area contributed by atoms with Crippen LogP contribution in [0.3, 0.4) is 0 Å². The monoisotopic (exact) mass is 297 g/mol. The largest absolute Gasteiger partial charge is 0.363 e. The van der Waals surface area contributed by atoms with Crippen molar-refractivity contribution < 1.29 is 0 Å². The maximum Gasteiger partial charge on any atom is 0.151 e. The number of hydrogen-bond acceptors (Lipinski definition) is 3. The van der Waals surface area contributed by atoms with E-state index in [4.69, 9.17) is 0 Å². The number of anilines is 1. The molecule has 112 valence electrons. The number of nitrogens with one attached hydrogen (secondary N) is 1. The Balaban J connectivity index is 0.00000200. The molecule has 2 aromatic rings. The Kier molecular flexibility index (Phi) is 6.07. The van der Waals surface area contributed by atoms with E-state index < -0.39 is 0 Å². The molecule has 0 aliphatic heterocycles. The first kappa shape index (κ1) is 16.6. The number of rotatable bonds is 6. The second-order valence-corrected chi connectivity index (χ2v) is 4.87. The van der Waals surface area contributed by atoms with Gasteiger partial charge in [-0.3, -0.25) is 9.36 Å². The maximum atomic E-state index is 4.51. The van der Waals surface area contributed by atoms with Crippen LogP contribution in [0.15, 0.2) is 12.3 Å². The average molecular weight is 298 g/mol. The molecule has 0 amide bonds. The van der Waals surface area contributed by atoms with Crippen LogP contribution in [-0.2, 0) is 19.6 Å². The second kappa shape index (κ2) is 7.33. The van der Waals surface area contributed by atoms with Crippen molar-refractivity contribution in [2.45, 2.75) is 53.8 Å². The van der Waals surface area contributed by atoms with E-state index in [0.717, 1.165) is 37.6 Å². The van der Waals surface area contributed by atoms with Crippen molar-refractivity contribution in [2.75, 3.05) is 5.32 Å². The van der Waals surface area contributed by atoms with Gasteiger partial charge >= 0.3 is 0 Å². The molecule has 0 bridgehead atoms. The van der Waals surface area contributed by atoms with E-state index in [1.165, 1.54) is 11.3 Å². The predicted molar refractivity (Wildman–Crippen MR) is 84.5 cm³/mol. The first-order valence-electron chi connectivity index (χ1n) is 6.95. The van der Waals surface area contributed by atoms with E-state index in [9.17, 15) is 0 Å². The van der Waals surface area contributed by atoms with E-state index >= 15 is 0 Å². The highest BCUT2D eigenvalue weighted by molar-refractivity contribution is 5.85. The van der Waals surface area contributed by atoms with Gasteiger partial charge in [0.25, 0.3) is 0 Å². The zero-order valence-electron chi connectivity index (χ0n) is 12.7. The molecule has 0 unspecified atom stereocenters. The van der Waals surface area contributed by atoms with Crippen LogP contribution >= 0.6 is 12.4 Å². The molecular formula is C14H24ClN5. The van der Waals surface area contributed by atoms with Gasteiger partial charge < -0.3 is 5.32 Å². The summed E-state index contributed by atoms with van der Waals surface area (Å²) in [6.45, 7) is 11.0. The van der Waals surface area contributed by atoms with Crippen LogP contribution < -0.4 is 5.32 Å². The highest BCUT2D eigenvalue weighted by atomic mass is 35.5. The Morgan fingerprint density at radius 1 is 1.20 bits per heavy atom. The van der Waals surface area contributed by atoms with Gasteiger partial charge in [-0.15, -0.1) is 12.4 Å². The van der Waals surface area contributed by atoms with E-state index in [-0.39, 0.29) is 12.4 Å². The molecule has 5 nitrogen and oxygen atoms in total. The quantitative estimate of drug-likeness (QED) is 0.891. The van der Waals surface area contributed by atoms with Crippen molar-refractivity contribution >= 4 is 18.2 Å². The van der Waals surface area contributed by atoms with Crippen LogP contribution in [0.25, 0.3) is 0 Å².